The molecule has 3 nitrogen and oxygen atoms in total. The summed E-state index contributed by atoms with van der Waals surface area (Å²) in [7, 11) is 0. The number of hydrogen-bond donors (Lipinski definition) is 1. The van der Waals surface area contributed by atoms with E-state index >= 15 is 0 Å². The molecule has 64 valence electrons. The Morgan fingerprint density at radius 2 is 2.36 bits per heavy atom. The van der Waals surface area contributed by atoms with Crippen LogP contribution in [-0.2, 0) is 9.53 Å². The van der Waals surface area contributed by atoms with E-state index in [-0.39, 0.29) is 18.5 Å². The van der Waals surface area contributed by atoms with Crippen molar-refractivity contribution >= 4 is 5.78 Å². The molecular formula is C8H14O3. The Balaban J connectivity index is 2.19. The van der Waals surface area contributed by atoms with Crippen LogP contribution >= 0.6 is 0 Å². The lowest BCUT2D eigenvalue weighted by molar-refractivity contribution is -0.125. The lowest BCUT2D eigenvalue weighted by Crippen LogP contribution is -2.23. The van der Waals surface area contributed by atoms with Gasteiger partial charge in [0.25, 0.3) is 0 Å². The number of aliphatic hydroxyl groups is 1. The van der Waals surface area contributed by atoms with Crippen LogP contribution in [0.15, 0.2) is 0 Å². The van der Waals surface area contributed by atoms with Gasteiger partial charge in [-0.05, 0) is 19.3 Å². The largest absolute Gasteiger partial charge is 0.389 e. The van der Waals surface area contributed by atoms with Crippen molar-refractivity contribution in [2.24, 2.45) is 0 Å². The summed E-state index contributed by atoms with van der Waals surface area (Å²) in [5, 5.41) is 8.46. The molecule has 1 aliphatic heterocycles. The molecule has 1 aliphatic rings. The Morgan fingerprint density at radius 3 is 2.91 bits per heavy atom. The predicted octanol–water partition coefficient (Wildman–Crippen LogP) is 0.507. The number of rotatable bonds is 3. The zero-order valence-corrected chi connectivity index (χ0v) is 6.58. The Kier molecular flexibility index (Phi) is 3.52. The summed E-state index contributed by atoms with van der Waals surface area (Å²) >= 11 is 0. The summed E-state index contributed by atoms with van der Waals surface area (Å²) in [4.78, 5) is 10.8. The van der Waals surface area contributed by atoms with E-state index in [1.165, 1.54) is 0 Å². The first kappa shape index (κ1) is 8.68. The minimum atomic E-state index is -0.347. The van der Waals surface area contributed by atoms with E-state index in [2.05, 4.69) is 0 Å². The fourth-order valence-corrected chi connectivity index (χ4v) is 1.29. The molecule has 0 amide bonds. The molecule has 0 unspecified atom stereocenters. The van der Waals surface area contributed by atoms with E-state index in [9.17, 15) is 4.79 Å². The van der Waals surface area contributed by atoms with Gasteiger partial charge in [-0.25, -0.2) is 0 Å². The van der Waals surface area contributed by atoms with Crippen LogP contribution in [0.25, 0.3) is 0 Å². The van der Waals surface area contributed by atoms with Gasteiger partial charge in [0.05, 0.1) is 6.10 Å². The molecule has 1 rings (SSSR count). The number of carbonyl (C=O) groups excluding carboxylic acids is 1. The van der Waals surface area contributed by atoms with Crippen molar-refractivity contribution in [1.29, 1.82) is 0 Å². The van der Waals surface area contributed by atoms with Crippen LogP contribution in [-0.4, -0.2) is 30.2 Å². The summed E-state index contributed by atoms with van der Waals surface area (Å²) in [6, 6.07) is 0. The van der Waals surface area contributed by atoms with Gasteiger partial charge in [0.2, 0.25) is 0 Å². The number of hydrogen-bond acceptors (Lipinski definition) is 3. The molecule has 1 fully saturated rings. The lowest BCUT2D eigenvalue weighted by Gasteiger charge is -2.21. The Bertz CT molecular complexity index is 127. The molecule has 1 N–H and O–H groups in total. The SMILES string of the molecule is O=C(CO)C[C@H]1CCCCO1. The fraction of sp³-hybridized carbons (Fsp3) is 0.875. The fourth-order valence-electron chi connectivity index (χ4n) is 1.29. The van der Waals surface area contributed by atoms with Crippen LogP contribution in [0.3, 0.4) is 0 Å². The molecule has 1 saturated heterocycles. The second-order valence-corrected chi connectivity index (χ2v) is 2.89. The van der Waals surface area contributed by atoms with Gasteiger partial charge < -0.3 is 9.84 Å². The lowest BCUT2D eigenvalue weighted by atomic mass is 10.0. The minimum Gasteiger partial charge on any atom is -0.389 e. The van der Waals surface area contributed by atoms with Gasteiger partial charge in [-0.3, -0.25) is 4.79 Å². The van der Waals surface area contributed by atoms with Crippen molar-refractivity contribution in [2.45, 2.75) is 31.8 Å². The van der Waals surface area contributed by atoms with Gasteiger partial charge in [-0.1, -0.05) is 0 Å². The minimum absolute atomic E-state index is 0.0726. The third kappa shape index (κ3) is 2.99. The zero-order valence-electron chi connectivity index (χ0n) is 6.58. The van der Waals surface area contributed by atoms with Crippen molar-refractivity contribution in [3.63, 3.8) is 0 Å². The van der Waals surface area contributed by atoms with Gasteiger partial charge in [-0.2, -0.15) is 0 Å². The van der Waals surface area contributed by atoms with Crippen LogP contribution in [0.2, 0.25) is 0 Å². The normalized spacial score (nSPS) is 25.0. The number of aliphatic hydroxyl groups excluding tert-OH is 1. The maximum Gasteiger partial charge on any atom is 0.160 e. The maximum atomic E-state index is 10.8. The number of carbonyl (C=O) groups is 1. The molecule has 0 aromatic heterocycles. The van der Waals surface area contributed by atoms with Crippen molar-refractivity contribution in [3.8, 4) is 0 Å². The van der Waals surface area contributed by atoms with Gasteiger partial charge >= 0.3 is 0 Å². The molecule has 11 heavy (non-hydrogen) atoms. The van der Waals surface area contributed by atoms with Gasteiger partial charge in [0.15, 0.2) is 5.78 Å². The third-order valence-electron chi connectivity index (χ3n) is 1.91. The van der Waals surface area contributed by atoms with Crippen LogP contribution in [0, 0.1) is 0 Å². The van der Waals surface area contributed by atoms with Crippen molar-refractivity contribution in [2.75, 3.05) is 13.2 Å². The molecular weight excluding hydrogens is 144 g/mol. The average molecular weight is 158 g/mol. The molecule has 1 heterocycles. The molecule has 0 aromatic rings. The van der Waals surface area contributed by atoms with E-state index < -0.39 is 0 Å². The van der Waals surface area contributed by atoms with Crippen LogP contribution in [0.5, 0.6) is 0 Å². The quantitative estimate of drug-likeness (QED) is 0.650. The first-order chi connectivity index (χ1) is 5.33. The van der Waals surface area contributed by atoms with E-state index in [1.54, 1.807) is 0 Å². The topological polar surface area (TPSA) is 46.5 Å². The first-order valence-corrected chi connectivity index (χ1v) is 4.07. The van der Waals surface area contributed by atoms with E-state index in [0.29, 0.717) is 6.42 Å². The van der Waals surface area contributed by atoms with Crippen LogP contribution in [0.4, 0.5) is 0 Å². The van der Waals surface area contributed by atoms with E-state index in [1.807, 2.05) is 0 Å². The third-order valence-corrected chi connectivity index (χ3v) is 1.91. The predicted molar refractivity (Wildman–Crippen MR) is 40.3 cm³/mol. The second-order valence-electron chi connectivity index (χ2n) is 2.89. The van der Waals surface area contributed by atoms with Gasteiger partial charge in [-0.15, -0.1) is 0 Å². The molecule has 3 heteroatoms. The molecule has 0 aromatic carbocycles. The highest BCUT2D eigenvalue weighted by Crippen LogP contribution is 2.15. The standard InChI is InChI=1S/C8H14O3/c9-6-7(10)5-8-3-1-2-4-11-8/h8-9H,1-6H2/t8-/m1/s1. The highest BCUT2D eigenvalue weighted by atomic mass is 16.5. The Hall–Kier alpha value is -0.410. The molecule has 0 bridgehead atoms. The monoisotopic (exact) mass is 158 g/mol. The van der Waals surface area contributed by atoms with Crippen molar-refractivity contribution < 1.29 is 14.6 Å². The Morgan fingerprint density at radius 1 is 1.55 bits per heavy atom. The second kappa shape index (κ2) is 4.46. The molecule has 0 saturated carbocycles. The number of Topliss-reactive ketones (excluding diaryl/α,β-unsaturated/α-hetero) is 1. The molecule has 0 spiro atoms. The highest BCUT2D eigenvalue weighted by Gasteiger charge is 2.16. The molecule has 0 aliphatic carbocycles. The molecule has 0 radical (unpaired) electrons. The van der Waals surface area contributed by atoms with E-state index in [0.717, 1.165) is 25.9 Å². The van der Waals surface area contributed by atoms with Crippen molar-refractivity contribution in [3.05, 3.63) is 0 Å². The summed E-state index contributed by atoms with van der Waals surface area (Å²) in [6.45, 7) is 0.420. The zero-order chi connectivity index (χ0) is 8.10. The van der Waals surface area contributed by atoms with Crippen LogP contribution in [0.1, 0.15) is 25.7 Å². The Labute approximate surface area is 66.4 Å². The summed E-state index contributed by atoms with van der Waals surface area (Å²) in [5.41, 5.74) is 0. The van der Waals surface area contributed by atoms with Gasteiger partial charge in [0.1, 0.15) is 6.61 Å². The highest BCUT2D eigenvalue weighted by molar-refractivity contribution is 5.79. The smallest absolute Gasteiger partial charge is 0.160 e. The maximum absolute atomic E-state index is 10.8. The summed E-state index contributed by atoms with van der Waals surface area (Å²) < 4.78 is 5.32. The summed E-state index contributed by atoms with van der Waals surface area (Å²) in [5.74, 6) is -0.114. The average Bonchev–Trinajstić information content (AvgIpc) is 2.06. The van der Waals surface area contributed by atoms with Crippen LogP contribution < -0.4 is 0 Å². The number of ether oxygens (including phenoxy) is 1. The summed E-state index contributed by atoms with van der Waals surface area (Å²) in [6.07, 6.45) is 3.67. The van der Waals surface area contributed by atoms with Crippen molar-refractivity contribution in [1.82, 2.24) is 0 Å². The van der Waals surface area contributed by atoms with E-state index in [4.69, 9.17) is 9.84 Å². The van der Waals surface area contributed by atoms with Gasteiger partial charge in [0, 0.05) is 13.0 Å². The number of ketones is 1. The molecule has 1 atom stereocenters. The first-order valence-electron chi connectivity index (χ1n) is 4.07.